The first-order valence-corrected chi connectivity index (χ1v) is 8.82. The zero-order valence-corrected chi connectivity index (χ0v) is 14.3. The first-order chi connectivity index (χ1) is 12.8. The number of pyridine rings is 1. The number of ether oxygens (including phenoxy) is 1. The average molecular weight is 348 g/mol. The molecule has 1 aliphatic carbocycles. The van der Waals surface area contributed by atoms with Crippen LogP contribution in [0.15, 0.2) is 61.1 Å². The van der Waals surface area contributed by atoms with Crippen LogP contribution in [0, 0.1) is 0 Å². The number of carbonyl (C=O) groups is 1. The zero-order chi connectivity index (χ0) is 17.8. The molecule has 0 aliphatic heterocycles. The molecule has 2 heterocycles. The normalized spacial score (nSPS) is 14.3. The second-order valence-electron chi connectivity index (χ2n) is 6.36. The minimum Gasteiger partial charge on any atom is -0.490 e. The van der Waals surface area contributed by atoms with E-state index < -0.39 is 0 Å². The quantitative estimate of drug-likeness (QED) is 0.760. The van der Waals surface area contributed by atoms with Gasteiger partial charge in [0, 0.05) is 30.2 Å². The highest BCUT2D eigenvalue weighted by Crippen LogP contribution is 2.24. The molecule has 4 rings (SSSR count). The number of nitrogens with zero attached hydrogens (tertiary/aromatic N) is 3. The van der Waals surface area contributed by atoms with Gasteiger partial charge in [-0.1, -0.05) is 6.07 Å². The Morgan fingerprint density at radius 3 is 2.73 bits per heavy atom. The van der Waals surface area contributed by atoms with E-state index in [0.717, 1.165) is 24.3 Å². The molecule has 1 aliphatic rings. The SMILES string of the molecule is O=C(Nc1ccn(-c2ccncc2)n1)c1cccc(OC2CCCC2)c1. The van der Waals surface area contributed by atoms with Gasteiger partial charge in [-0.15, -0.1) is 0 Å². The summed E-state index contributed by atoms with van der Waals surface area (Å²) in [5.41, 5.74) is 1.44. The molecule has 0 bridgehead atoms. The molecule has 6 heteroatoms. The van der Waals surface area contributed by atoms with Crippen molar-refractivity contribution in [2.75, 3.05) is 5.32 Å². The largest absolute Gasteiger partial charge is 0.490 e. The number of carbonyl (C=O) groups excluding carboxylic acids is 1. The summed E-state index contributed by atoms with van der Waals surface area (Å²) in [4.78, 5) is 16.5. The predicted molar refractivity (Wildman–Crippen MR) is 98.6 cm³/mol. The predicted octanol–water partition coefficient (Wildman–Crippen LogP) is 3.84. The summed E-state index contributed by atoms with van der Waals surface area (Å²) in [6.45, 7) is 0. The number of hydrogen-bond donors (Lipinski definition) is 1. The molecule has 0 atom stereocenters. The van der Waals surface area contributed by atoms with Crippen LogP contribution in [0.5, 0.6) is 5.75 Å². The lowest BCUT2D eigenvalue weighted by molar-refractivity contribution is 0.102. The van der Waals surface area contributed by atoms with Crippen molar-refractivity contribution in [2.45, 2.75) is 31.8 Å². The van der Waals surface area contributed by atoms with E-state index >= 15 is 0 Å². The van der Waals surface area contributed by atoms with Gasteiger partial charge in [0.2, 0.25) is 0 Å². The molecule has 1 amide bonds. The third-order valence-electron chi connectivity index (χ3n) is 4.46. The third-order valence-corrected chi connectivity index (χ3v) is 4.46. The summed E-state index contributed by atoms with van der Waals surface area (Å²) in [5, 5.41) is 7.20. The van der Waals surface area contributed by atoms with E-state index in [0.29, 0.717) is 11.4 Å². The maximum atomic E-state index is 12.5. The molecule has 0 radical (unpaired) electrons. The van der Waals surface area contributed by atoms with Crippen LogP contribution in [0.4, 0.5) is 5.82 Å². The van der Waals surface area contributed by atoms with Gasteiger partial charge in [-0.25, -0.2) is 4.68 Å². The van der Waals surface area contributed by atoms with Crippen LogP contribution in [0.2, 0.25) is 0 Å². The lowest BCUT2D eigenvalue weighted by Gasteiger charge is -2.13. The van der Waals surface area contributed by atoms with Crippen LogP contribution in [0.3, 0.4) is 0 Å². The van der Waals surface area contributed by atoms with Gasteiger partial charge in [0.05, 0.1) is 11.8 Å². The van der Waals surface area contributed by atoms with E-state index in [1.165, 1.54) is 12.8 Å². The topological polar surface area (TPSA) is 69.0 Å². The van der Waals surface area contributed by atoms with E-state index in [9.17, 15) is 4.79 Å². The molecule has 3 aromatic rings. The standard InChI is InChI=1S/C20H20N4O2/c25-20(15-4-3-7-18(14-15)26-17-5-1-2-6-17)22-19-10-13-24(23-19)16-8-11-21-12-9-16/h3-4,7-14,17H,1-2,5-6H2,(H,22,23,25). The lowest BCUT2D eigenvalue weighted by atomic mass is 10.2. The highest BCUT2D eigenvalue weighted by Gasteiger charge is 2.17. The second-order valence-corrected chi connectivity index (χ2v) is 6.36. The van der Waals surface area contributed by atoms with Gasteiger partial charge in [0.15, 0.2) is 5.82 Å². The van der Waals surface area contributed by atoms with Gasteiger partial charge in [0.1, 0.15) is 5.75 Å². The van der Waals surface area contributed by atoms with Crippen molar-refractivity contribution in [3.63, 3.8) is 0 Å². The highest BCUT2D eigenvalue weighted by molar-refractivity contribution is 6.03. The Bertz CT molecular complexity index is 886. The summed E-state index contributed by atoms with van der Waals surface area (Å²) < 4.78 is 7.66. The number of nitrogens with one attached hydrogen (secondary N) is 1. The van der Waals surface area contributed by atoms with E-state index in [1.54, 1.807) is 41.5 Å². The fourth-order valence-corrected chi connectivity index (χ4v) is 3.13. The summed E-state index contributed by atoms with van der Waals surface area (Å²) >= 11 is 0. The Morgan fingerprint density at radius 2 is 1.92 bits per heavy atom. The van der Waals surface area contributed by atoms with Crippen molar-refractivity contribution in [1.29, 1.82) is 0 Å². The molecule has 132 valence electrons. The summed E-state index contributed by atoms with van der Waals surface area (Å²) in [6, 6.07) is 12.8. The van der Waals surface area contributed by atoms with Gasteiger partial charge in [-0.3, -0.25) is 9.78 Å². The van der Waals surface area contributed by atoms with Gasteiger partial charge in [-0.2, -0.15) is 5.10 Å². The molecule has 0 saturated heterocycles. The molecule has 1 N–H and O–H groups in total. The molecule has 0 unspecified atom stereocenters. The number of rotatable bonds is 5. The fourth-order valence-electron chi connectivity index (χ4n) is 3.13. The van der Waals surface area contributed by atoms with Gasteiger partial charge in [0.25, 0.3) is 5.91 Å². The minimum absolute atomic E-state index is 0.207. The minimum atomic E-state index is -0.207. The molecule has 2 aromatic heterocycles. The highest BCUT2D eigenvalue weighted by atomic mass is 16.5. The summed E-state index contributed by atoms with van der Waals surface area (Å²) in [5.74, 6) is 1.03. The van der Waals surface area contributed by atoms with Gasteiger partial charge < -0.3 is 10.1 Å². The third kappa shape index (κ3) is 3.74. The van der Waals surface area contributed by atoms with Crippen LogP contribution >= 0.6 is 0 Å². The molecule has 0 spiro atoms. The van der Waals surface area contributed by atoms with Crippen LogP contribution in [0.1, 0.15) is 36.0 Å². The number of benzene rings is 1. The molecule has 1 fully saturated rings. The summed E-state index contributed by atoms with van der Waals surface area (Å²) in [6.07, 6.45) is 10.1. The molecule has 6 nitrogen and oxygen atoms in total. The van der Waals surface area contributed by atoms with Crippen LogP contribution in [-0.2, 0) is 0 Å². The van der Waals surface area contributed by atoms with E-state index in [1.807, 2.05) is 24.3 Å². The zero-order valence-electron chi connectivity index (χ0n) is 14.3. The smallest absolute Gasteiger partial charge is 0.256 e. The Kier molecular flexibility index (Phi) is 4.64. The lowest BCUT2D eigenvalue weighted by Crippen LogP contribution is -2.14. The van der Waals surface area contributed by atoms with E-state index in [2.05, 4.69) is 15.4 Å². The molecule has 26 heavy (non-hydrogen) atoms. The fraction of sp³-hybridized carbons (Fsp3) is 0.250. The maximum absolute atomic E-state index is 12.5. The Labute approximate surface area is 151 Å². The number of hydrogen-bond acceptors (Lipinski definition) is 4. The van der Waals surface area contributed by atoms with Crippen molar-refractivity contribution in [2.24, 2.45) is 0 Å². The van der Waals surface area contributed by atoms with Crippen molar-refractivity contribution in [3.05, 3.63) is 66.6 Å². The second kappa shape index (κ2) is 7.39. The first kappa shape index (κ1) is 16.3. The van der Waals surface area contributed by atoms with E-state index in [-0.39, 0.29) is 12.0 Å². The van der Waals surface area contributed by atoms with Crippen molar-refractivity contribution < 1.29 is 9.53 Å². The van der Waals surface area contributed by atoms with Crippen LogP contribution in [-0.4, -0.2) is 26.8 Å². The molecule has 1 aromatic carbocycles. The summed E-state index contributed by atoms with van der Waals surface area (Å²) in [7, 11) is 0. The average Bonchev–Trinajstić information content (AvgIpc) is 3.35. The maximum Gasteiger partial charge on any atom is 0.256 e. The molecular formula is C20H20N4O2. The Morgan fingerprint density at radius 1 is 1.12 bits per heavy atom. The van der Waals surface area contributed by atoms with Crippen LogP contribution in [0.25, 0.3) is 5.69 Å². The monoisotopic (exact) mass is 348 g/mol. The number of anilines is 1. The van der Waals surface area contributed by atoms with Crippen molar-refractivity contribution in [3.8, 4) is 11.4 Å². The molecule has 1 saturated carbocycles. The van der Waals surface area contributed by atoms with Crippen LogP contribution < -0.4 is 10.1 Å². The number of amides is 1. The van der Waals surface area contributed by atoms with Crippen molar-refractivity contribution >= 4 is 11.7 Å². The Balaban J connectivity index is 1.44. The van der Waals surface area contributed by atoms with Gasteiger partial charge >= 0.3 is 0 Å². The first-order valence-electron chi connectivity index (χ1n) is 8.82. The number of aromatic nitrogens is 3. The van der Waals surface area contributed by atoms with Gasteiger partial charge in [-0.05, 0) is 56.0 Å². The van der Waals surface area contributed by atoms with E-state index in [4.69, 9.17) is 4.74 Å². The van der Waals surface area contributed by atoms with Crippen molar-refractivity contribution in [1.82, 2.24) is 14.8 Å². The Hall–Kier alpha value is -3.15. The molecular weight excluding hydrogens is 328 g/mol.